The van der Waals surface area contributed by atoms with Crippen LogP contribution in [-0.2, 0) is 12.8 Å². The maximum Gasteiger partial charge on any atom is 0.586 e. The van der Waals surface area contributed by atoms with E-state index in [1.165, 1.54) is 43.4 Å². The molecule has 0 fully saturated rings. The van der Waals surface area contributed by atoms with Crippen LogP contribution in [0.25, 0.3) is 5.69 Å². The zero-order valence-electron chi connectivity index (χ0n) is 20.9. The Hall–Kier alpha value is -4.99. The number of ether oxygens (including phenoxy) is 3. The van der Waals surface area contributed by atoms with E-state index in [4.69, 9.17) is 16.3 Å². The Labute approximate surface area is 236 Å². The fourth-order valence-electron chi connectivity index (χ4n) is 3.90. The van der Waals surface area contributed by atoms with Gasteiger partial charge < -0.3 is 24.2 Å². The molecule has 1 aliphatic rings. The number of anilines is 1. The molecule has 1 aliphatic heterocycles. The first-order valence-electron chi connectivity index (χ1n) is 11.6. The second-order valence-electron chi connectivity index (χ2n) is 8.54. The van der Waals surface area contributed by atoms with Gasteiger partial charge in [0, 0.05) is 36.8 Å². The average Bonchev–Trinajstić information content (AvgIpc) is 3.45. The molecule has 1 N–H and O–H groups in total. The Morgan fingerprint density at radius 3 is 2.52 bits per heavy atom. The van der Waals surface area contributed by atoms with E-state index in [0.717, 1.165) is 28.0 Å². The number of alkyl halides is 5. The average molecular weight is 612 g/mol. The van der Waals surface area contributed by atoms with Gasteiger partial charge in [0.1, 0.15) is 12.3 Å². The lowest BCUT2D eigenvalue weighted by atomic mass is 10.1. The van der Waals surface area contributed by atoms with E-state index < -0.39 is 53.2 Å². The van der Waals surface area contributed by atoms with Crippen molar-refractivity contribution in [2.75, 3.05) is 11.9 Å². The monoisotopic (exact) mass is 611 g/mol. The second-order valence-corrected chi connectivity index (χ2v) is 8.91. The Balaban J connectivity index is 1.47. The van der Waals surface area contributed by atoms with Crippen molar-refractivity contribution < 1.29 is 50.9 Å². The van der Waals surface area contributed by atoms with Gasteiger partial charge in [0.25, 0.3) is 5.91 Å². The highest BCUT2D eigenvalue weighted by Gasteiger charge is 2.43. The molecule has 0 aliphatic carbocycles. The molecule has 0 unspecified atom stereocenters. The molecule has 5 rings (SSSR count). The van der Waals surface area contributed by atoms with Gasteiger partial charge in [0.05, 0.1) is 10.7 Å². The fourth-order valence-corrected chi connectivity index (χ4v) is 4.17. The number of halogens is 6. The molecule has 4 aromatic rings. The summed E-state index contributed by atoms with van der Waals surface area (Å²) < 4.78 is 82.8. The minimum absolute atomic E-state index is 0.0212. The minimum atomic E-state index is -4.97. The van der Waals surface area contributed by atoms with E-state index in [1.807, 2.05) is 0 Å². The van der Waals surface area contributed by atoms with E-state index >= 15 is 0 Å². The smallest absolute Gasteiger partial charge is 0.476 e. The van der Waals surface area contributed by atoms with Crippen LogP contribution < -0.4 is 19.1 Å². The number of rotatable bonds is 7. The summed E-state index contributed by atoms with van der Waals surface area (Å²) >= 11 is 6.05. The van der Waals surface area contributed by atoms with Gasteiger partial charge in [-0.25, -0.2) is 19.4 Å². The molecule has 218 valence electrons. The number of hydrogen-bond acceptors (Lipinski definition) is 8. The molecule has 0 radical (unpaired) electrons. The molecular formula is C25H15ClF5N5O6. The number of hydrogen-bond donors (Lipinski definition) is 1. The summed E-state index contributed by atoms with van der Waals surface area (Å²) in [6, 6.07) is 8.99. The van der Waals surface area contributed by atoms with E-state index in [9.17, 15) is 36.6 Å². The molecule has 0 spiro atoms. The molecule has 42 heavy (non-hydrogen) atoms. The highest BCUT2D eigenvalue weighted by atomic mass is 35.5. The van der Waals surface area contributed by atoms with Crippen LogP contribution >= 0.6 is 11.6 Å². The third-order valence-electron chi connectivity index (χ3n) is 5.81. The van der Waals surface area contributed by atoms with Gasteiger partial charge in [-0.2, -0.15) is 18.3 Å². The van der Waals surface area contributed by atoms with Crippen molar-refractivity contribution in [2.45, 2.75) is 19.1 Å². The van der Waals surface area contributed by atoms with Crippen molar-refractivity contribution >= 4 is 29.2 Å². The van der Waals surface area contributed by atoms with Crippen molar-refractivity contribution in [3.8, 4) is 23.1 Å². The highest BCUT2D eigenvalue weighted by Crippen LogP contribution is 2.43. The maximum atomic E-state index is 13.7. The first kappa shape index (κ1) is 28.5. The van der Waals surface area contributed by atoms with Crippen LogP contribution in [0.4, 0.5) is 27.6 Å². The van der Waals surface area contributed by atoms with Gasteiger partial charge in [0.15, 0.2) is 17.2 Å². The maximum absolute atomic E-state index is 13.7. The molecule has 2 aromatic heterocycles. The number of fused-ring (bicyclic) bond motifs is 1. The van der Waals surface area contributed by atoms with Crippen LogP contribution in [0.2, 0.25) is 5.02 Å². The van der Waals surface area contributed by atoms with Crippen LogP contribution in [0.15, 0.2) is 54.9 Å². The largest absolute Gasteiger partial charge is 0.586 e. The fraction of sp³-hybridized carbons (Fsp3) is 0.160. The Kier molecular flexibility index (Phi) is 7.10. The number of aromatic nitrogens is 4. The molecule has 2 aromatic carbocycles. The van der Waals surface area contributed by atoms with Crippen molar-refractivity contribution in [2.24, 2.45) is 0 Å². The van der Waals surface area contributed by atoms with Crippen LogP contribution in [-0.4, -0.2) is 50.1 Å². The number of benzene rings is 2. The lowest BCUT2D eigenvalue weighted by Crippen LogP contribution is -2.26. The summed E-state index contributed by atoms with van der Waals surface area (Å²) in [5, 5.41) is 12.0. The minimum Gasteiger partial charge on any atom is -0.476 e. The molecule has 3 heterocycles. The molecule has 17 heteroatoms. The summed E-state index contributed by atoms with van der Waals surface area (Å²) in [5.41, 5.74) is -2.27. The summed E-state index contributed by atoms with van der Waals surface area (Å²) in [6.45, 7) is -0.708. The standard InChI is InChI=1S/C25H15ClF5N5O6/c1-35(13-5-6-16-17(10-13)42-25(30,31)41-16)22(37)12-3-2-4-14(9-12)36-15(18(26)20(34-36)24(27,28)29)11-40-21-19(23(38)39)32-7-8-33-21/h2-10H,11H2,1H3,(H,38,39). The summed E-state index contributed by atoms with van der Waals surface area (Å²) in [6.07, 6.45) is -6.62. The predicted octanol–water partition coefficient (Wildman–Crippen LogP) is 5.21. The normalized spacial score (nSPS) is 13.6. The lowest BCUT2D eigenvalue weighted by molar-refractivity contribution is -0.286. The van der Waals surface area contributed by atoms with Crippen LogP contribution in [0.1, 0.15) is 32.2 Å². The lowest BCUT2D eigenvalue weighted by Gasteiger charge is -2.18. The molecule has 0 atom stereocenters. The Morgan fingerprint density at radius 2 is 1.81 bits per heavy atom. The van der Waals surface area contributed by atoms with Crippen molar-refractivity contribution in [1.82, 2.24) is 19.7 Å². The number of carbonyl (C=O) groups excluding carboxylic acids is 1. The van der Waals surface area contributed by atoms with Crippen molar-refractivity contribution in [1.29, 1.82) is 0 Å². The van der Waals surface area contributed by atoms with E-state index in [1.54, 1.807) is 0 Å². The summed E-state index contributed by atoms with van der Waals surface area (Å²) in [7, 11) is 1.34. The number of nitrogens with zero attached hydrogens (tertiary/aromatic N) is 5. The van der Waals surface area contributed by atoms with E-state index in [-0.39, 0.29) is 34.1 Å². The van der Waals surface area contributed by atoms with Gasteiger partial charge in [0.2, 0.25) is 11.6 Å². The number of carbonyl (C=O) groups is 2. The molecule has 1 amide bonds. The van der Waals surface area contributed by atoms with Gasteiger partial charge in [-0.05, 0) is 30.3 Å². The van der Waals surface area contributed by atoms with Gasteiger partial charge >= 0.3 is 18.4 Å². The van der Waals surface area contributed by atoms with Crippen molar-refractivity contribution in [3.05, 3.63) is 82.5 Å². The Morgan fingerprint density at radius 1 is 1.10 bits per heavy atom. The molecule has 0 bridgehead atoms. The van der Waals surface area contributed by atoms with Crippen molar-refractivity contribution in [3.63, 3.8) is 0 Å². The van der Waals surface area contributed by atoms with E-state index in [2.05, 4.69) is 24.5 Å². The highest BCUT2D eigenvalue weighted by molar-refractivity contribution is 6.32. The SMILES string of the molecule is CN(C(=O)c1cccc(-n2nc(C(F)(F)F)c(Cl)c2COc2nccnc2C(=O)O)c1)c1ccc2c(c1)OC(F)(F)O2. The quantitative estimate of drug-likeness (QED) is 0.280. The van der Waals surface area contributed by atoms with Gasteiger partial charge in [-0.15, -0.1) is 8.78 Å². The van der Waals surface area contributed by atoms with E-state index in [0.29, 0.717) is 0 Å². The zero-order chi connectivity index (χ0) is 30.4. The second kappa shape index (κ2) is 10.4. The number of carboxylic acids is 1. The molecule has 11 nitrogen and oxygen atoms in total. The first-order valence-corrected chi connectivity index (χ1v) is 11.9. The zero-order valence-corrected chi connectivity index (χ0v) is 21.7. The summed E-state index contributed by atoms with van der Waals surface area (Å²) in [5.74, 6) is -3.15. The number of amides is 1. The third kappa shape index (κ3) is 5.47. The van der Waals surface area contributed by atoms with Crippen LogP contribution in [0.3, 0.4) is 0 Å². The number of aromatic carboxylic acids is 1. The topological polar surface area (TPSA) is 129 Å². The van der Waals surface area contributed by atoms with Crippen LogP contribution in [0, 0.1) is 0 Å². The predicted molar refractivity (Wildman–Crippen MR) is 132 cm³/mol. The first-order chi connectivity index (χ1) is 19.7. The molecular weight excluding hydrogens is 597 g/mol. The van der Waals surface area contributed by atoms with Crippen LogP contribution in [0.5, 0.6) is 17.4 Å². The van der Waals surface area contributed by atoms with Gasteiger partial charge in [-0.3, -0.25) is 4.79 Å². The Bertz CT molecular complexity index is 1710. The summed E-state index contributed by atoms with van der Waals surface area (Å²) in [4.78, 5) is 33.1. The number of carboxylic acid groups (broad SMARTS) is 1. The molecule has 0 saturated heterocycles. The van der Waals surface area contributed by atoms with Gasteiger partial charge in [-0.1, -0.05) is 17.7 Å². The third-order valence-corrected chi connectivity index (χ3v) is 6.21. The molecule has 0 saturated carbocycles.